The van der Waals surface area contributed by atoms with Crippen molar-refractivity contribution in [2.45, 2.75) is 32.6 Å². The maximum atomic E-state index is 14.7. The van der Waals surface area contributed by atoms with Gasteiger partial charge in [-0.05, 0) is 56.7 Å². The third kappa shape index (κ3) is 5.80. The second-order valence-corrected chi connectivity index (χ2v) is 10.1. The van der Waals surface area contributed by atoms with Gasteiger partial charge in [0.25, 0.3) is 0 Å². The van der Waals surface area contributed by atoms with Gasteiger partial charge in [-0.1, -0.05) is 12.1 Å². The van der Waals surface area contributed by atoms with E-state index in [-0.39, 0.29) is 59.1 Å². The molecule has 40 heavy (non-hydrogen) atoms. The minimum Gasteiger partial charge on any atom is -0.494 e. The van der Waals surface area contributed by atoms with Gasteiger partial charge in [0, 0.05) is 24.2 Å². The average Bonchev–Trinajstić information content (AvgIpc) is 2.91. The van der Waals surface area contributed by atoms with E-state index in [1.807, 2.05) is 0 Å². The average molecular weight is 548 g/mol. The lowest BCUT2D eigenvalue weighted by Crippen LogP contribution is -2.56. The van der Waals surface area contributed by atoms with Crippen LogP contribution in [-0.2, 0) is 4.74 Å². The third-order valence-electron chi connectivity index (χ3n) is 6.23. The van der Waals surface area contributed by atoms with Crippen molar-refractivity contribution in [3.05, 3.63) is 65.2 Å². The number of aliphatic hydroxyl groups excluding tert-OH is 1. The molecule has 2 aromatic carbocycles. The van der Waals surface area contributed by atoms with Crippen molar-refractivity contribution < 1.29 is 28.2 Å². The Bertz CT molecular complexity index is 1540. The number of nitrogens with zero attached hydrogens (tertiary/aromatic N) is 5. The fourth-order valence-corrected chi connectivity index (χ4v) is 4.37. The molecule has 9 nitrogen and oxygen atoms in total. The monoisotopic (exact) mass is 547 g/mol. The van der Waals surface area contributed by atoms with Gasteiger partial charge in [-0.3, -0.25) is 0 Å². The summed E-state index contributed by atoms with van der Waals surface area (Å²) in [6, 6.07) is 13.4. The highest BCUT2D eigenvalue weighted by Gasteiger charge is 2.32. The van der Waals surface area contributed by atoms with Crippen molar-refractivity contribution in [2.75, 3.05) is 31.6 Å². The SMILES string of the molecule is COc1ccc(-c2c(C#N)cc(N3CCN(C(=O)OC(C)(C)C)CC3O)nc2-c2ccc(C#N)c(F)c2)cc1F. The largest absolute Gasteiger partial charge is 0.494 e. The lowest BCUT2D eigenvalue weighted by atomic mass is 9.94. The number of methoxy groups -OCH3 is 1. The summed E-state index contributed by atoms with van der Waals surface area (Å²) in [5.74, 6) is -1.25. The van der Waals surface area contributed by atoms with E-state index < -0.39 is 29.6 Å². The van der Waals surface area contributed by atoms with Gasteiger partial charge in [-0.25, -0.2) is 18.6 Å². The van der Waals surface area contributed by atoms with E-state index in [1.54, 1.807) is 32.9 Å². The van der Waals surface area contributed by atoms with Crippen molar-refractivity contribution in [1.82, 2.24) is 9.88 Å². The molecule has 11 heteroatoms. The zero-order valence-corrected chi connectivity index (χ0v) is 22.4. The highest BCUT2D eigenvalue weighted by Crippen LogP contribution is 2.38. The Morgan fingerprint density at radius 1 is 1.02 bits per heavy atom. The van der Waals surface area contributed by atoms with Gasteiger partial charge in [0.1, 0.15) is 29.5 Å². The van der Waals surface area contributed by atoms with Crippen LogP contribution in [0.1, 0.15) is 31.9 Å². The number of piperazine rings is 1. The van der Waals surface area contributed by atoms with Crippen LogP contribution < -0.4 is 9.64 Å². The van der Waals surface area contributed by atoms with Gasteiger partial charge < -0.3 is 24.4 Å². The van der Waals surface area contributed by atoms with E-state index in [1.165, 1.54) is 47.2 Å². The smallest absolute Gasteiger partial charge is 0.410 e. The first kappa shape index (κ1) is 28.3. The van der Waals surface area contributed by atoms with Gasteiger partial charge in [0.15, 0.2) is 11.6 Å². The molecule has 1 atom stereocenters. The molecule has 1 aliphatic heterocycles. The number of β-amino-alcohol motifs (C(OH)–C–C–N with tert-alkyl or cyclic N) is 1. The maximum Gasteiger partial charge on any atom is 0.410 e. The first-order valence-corrected chi connectivity index (χ1v) is 12.4. The van der Waals surface area contributed by atoms with Gasteiger partial charge in [0.05, 0.1) is 36.5 Å². The molecule has 1 saturated heterocycles. The van der Waals surface area contributed by atoms with Crippen LogP contribution in [0.5, 0.6) is 5.75 Å². The van der Waals surface area contributed by atoms with E-state index in [4.69, 9.17) is 14.7 Å². The molecule has 3 aromatic rings. The number of halogens is 2. The molecular weight excluding hydrogens is 520 g/mol. The number of nitriles is 2. The van der Waals surface area contributed by atoms with Crippen molar-refractivity contribution in [3.8, 4) is 40.3 Å². The van der Waals surface area contributed by atoms with Gasteiger partial charge in [-0.15, -0.1) is 0 Å². The molecule has 1 aliphatic rings. The molecule has 1 unspecified atom stereocenters. The van der Waals surface area contributed by atoms with Crippen molar-refractivity contribution in [2.24, 2.45) is 0 Å². The van der Waals surface area contributed by atoms with Crippen LogP contribution in [0.2, 0.25) is 0 Å². The molecule has 0 saturated carbocycles. The zero-order valence-electron chi connectivity index (χ0n) is 22.4. The Morgan fingerprint density at radius 2 is 1.70 bits per heavy atom. The Morgan fingerprint density at radius 3 is 2.27 bits per heavy atom. The van der Waals surface area contributed by atoms with Crippen LogP contribution in [0.25, 0.3) is 22.4 Å². The van der Waals surface area contributed by atoms with Crippen LogP contribution in [0, 0.1) is 34.3 Å². The third-order valence-corrected chi connectivity index (χ3v) is 6.23. The number of carbonyl (C=O) groups excluding carboxylic acids is 1. The molecule has 0 aliphatic carbocycles. The van der Waals surface area contributed by atoms with Crippen molar-refractivity contribution in [3.63, 3.8) is 0 Å². The molecule has 1 aromatic heterocycles. The van der Waals surface area contributed by atoms with Crippen LogP contribution >= 0.6 is 0 Å². The number of carbonyl (C=O) groups is 1. The second-order valence-electron chi connectivity index (χ2n) is 10.1. The number of hydrogen-bond acceptors (Lipinski definition) is 8. The minimum atomic E-state index is -1.19. The quantitative estimate of drug-likeness (QED) is 0.493. The van der Waals surface area contributed by atoms with Crippen molar-refractivity contribution in [1.29, 1.82) is 10.5 Å². The van der Waals surface area contributed by atoms with Gasteiger partial charge in [-0.2, -0.15) is 10.5 Å². The van der Waals surface area contributed by atoms with Crippen LogP contribution in [-0.4, -0.2) is 59.7 Å². The molecular formula is C29H27F2N5O4. The summed E-state index contributed by atoms with van der Waals surface area (Å²) >= 11 is 0. The molecule has 0 spiro atoms. The number of anilines is 1. The highest BCUT2D eigenvalue weighted by atomic mass is 19.1. The fraction of sp³-hybridized carbons (Fsp3) is 0.310. The van der Waals surface area contributed by atoms with E-state index in [0.717, 1.165) is 6.07 Å². The Labute approximate surface area is 230 Å². The normalized spacial score (nSPS) is 15.3. The van der Waals surface area contributed by atoms with Crippen LogP contribution in [0.3, 0.4) is 0 Å². The van der Waals surface area contributed by atoms with E-state index in [0.29, 0.717) is 5.56 Å². The van der Waals surface area contributed by atoms with E-state index >= 15 is 0 Å². The molecule has 0 bridgehead atoms. The first-order valence-electron chi connectivity index (χ1n) is 12.4. The van der Waals surface area contributed by atoms with Gasteiger partial charge in [0.2, 0.25) is 0 Å². The number of benzene rings is 2. The van der Waals surface area contributed by atoms with Crippen LogP contribution in [0.4, 0.5) is 19.4 Å². The molecule has 1 N–H and O–H groups in total. The van der Waals surface area contributed by atoms with E-state index in [9.17, 15) is 23.9 Å². The van der Waals surface area contributed by atoms with Crippen molar-refractivity contribution >= 4 is 11.9 Å². The minimum absolute atomic E-state index is 0.00350. The standard InChI is InChI=1S/C29H27F2N5O4/c1-29(2,3)40-28(38)35-9-10-36(25(37)16-35)24-13-20(15-33)26(17-7-8-23(39-4)22(31)11-17)27(34-24)18-5-6-19(14-32)21(30)12-18/h5-8,11-13,25,37H,9-10,16H2,1-4H3. The number of aromatic nitrogens is 1. The fourth-order valence-electron chi connectivity index (χ4n) is 4.37. The summed E-state index contributed by atoms with van der Waals surface area (Å²) in [6.07, 6.45) is -1.75. The molecule has 2 heterocycles. The topological polar surface area (TPSA) is 123 Å². The zero-order chi connectivity index (χ0) is 29.2. The van der Waals surface area contributed by atoms with Gasteiger partial charge >= 0.3 is 6.09 Å². The first-order chi connectivity index (χ1) is 18.9. The second kappa shape index (κ2) is 11.2. The summed E-state index contributed by atoms with van der Waals surface area (Å²) in [5.41, 5.74) is 0.126. The summed E-state index contributed by atoms with van der Waals surface area (Å²) in [5, 5.41) is 30.2. The number of ether oxygens (including phenoxy) is 2. The molecule has 1 fully saturated rings. The number of aliphatic hydroxyl groups is 1. The molecule has 4 rings (SSSR count). The Hall–Kier alpha value is -4.74. The number of amides is 1. The Balaban J connectivity index is 1.81. The summed E-state index contributed by atoms with van der Waals surface area (Å²) < 4.78 is 39.8. The molecule has 206 valence electrons. The number of pyridine rings is 1. The van der Waals surface area contributed by atoms with Crippen LogP contribution in [0.15, 0.2) is 42.5 Å². The highest BCUT2D eigenvalue weighted by molar-refractivity contribution is 5.87. The summed E-state index contributed by atoms with van der Waals surface area (Å²) in [6.45, 7) is 5.53. The van der Waals surface area contributed by atoms with E-state index in [2.05, 4.69) is 11.1 Å². The Kier molecular flexibility index (Phi) is 7.89. The molecule has 1 amide bonds. The summed E-state index contributed by atoms with van der Waals surface area (Å²) in [4.78, 5) is 20.1. The maximum absolute atomic E-state index is 14.7. The predicted molar refractivity (Wildman–Crippen MR) is 142 cm³/mol. The number of hydrogen-bond donors (Lipinski definition) is 1. The summed E-state index contributed by atoms with van der Waals surface area (Å²) in [7, 11) is 1.33. The lowest BCUT2D eigenvalue weighted by Gasteiger charge is -2.40. The predicted octanol–water partition coefficient (Wildman–Crippen LogP) is 4.82. The molecule has 0 radical (unpaired) electrons. The lowest BCUT2D eigenvalue weighted by molar-refractivity contribution is 0.00723. The number of rotatable bonds is 4.